The maximum atomic E-state index is 12.9. The molecule has 4 N–H and O–H groups in total. The van der Waals surface area contributed by atoms with Crippen LogP contribution < -0.4 is 0 Å². The van der Waals surface area contributed by atoms with Crippen molar-refractivity contribution in [3.8, 4) is 0 Å². The van der Waals surface area contributed by atoms with Gasteiger partial charge < -0.3 is 34.3 Å². The second kappa shape index (κ2) is 42.9. The van der Waals surface area contributed by atoms with Crippen molar-refractivity contribution < 1.29 is 56.2 Å². The Labute approximate surface area is 391 Å². The Balaban J connectivity index is 2.32. The Morgan fingerprint density at radius 2 is 0.984 bits per heavy atom. The lowest BCUT2D eigenvalue weighted by molar-refractivity contribution is -0.301. The van der Waals surface area contributed by atoms with Gasteiger partial charge in [-0.2, -0.15) is 8.42 Å². The predicted octanol–water partition coefficient (Wildman–Crippen LogP) is 12.0. The van der Waals surface area contributed by atoms with Gasteiger partial charge in [-0.05, 0) is 64.2 Å². The summed E-state index contributed by atoms with van der Waals surface area (Å²) < 4.78 is 59.2. The normalized spacial score (nSPS) is 19.9. The van der Waals surface area contributed by atoms with Gasteiger partial charge in [0.05, 0.1) is 19.8 Å². The molecule has 1 aliphatic rings. The standard InChI is InChI=1S/C51H96O12S/c1-3-5-7-9-11-13-15-17-19-20-21-22-23-24-25-26-27-28-30-32-34-36-38-40-47(53)61-45(43-59-41-39-37-35-33-31-29-18-16-14-12-10-8-6-4-2)44-60-51-49(55)50(63-64(56,57)58)48(54)46(42-52)62-51/h14,16,20-21,45-46,48-52,54-55H,3-13,15,17-19,22-44H2,1-2H3,(H,56,57,58)/b16-14-,21-20-. The minimum atomic E-state index is -5.06. The molecule has 378 valence electrons. The van der Waals surface area contributed by atoms with E-state index >= 15 is 0 Å². The lowest BCUT2D eigenvalue weighted by Crippen LogP contribution is -2.60. The van der Waals surface area contributed by atoms with Crippen molar-refractivity contribution in [3.63, 3.8) is 0 Å². The molecular weight excluding hydrogens is 837 g/mol. The van der Waals surface area contributed by atoms with Crippen LogP contribution in [0, 0.1) is 0 Å². The zero-order valence-electron chi connectivity index (χ0n) is 40.6. The van der Waals surface area contributed by atoms with E-state index in [2.05, 4.69) is 42.3 Å². The molecule has 0 aliphatic carbocycles. The van der Waals surface area contributed by atoms with Crippen LogP contribution in [0.2, 0.25) is 0 Å². The fourth-order valence-electron chi connectivity index (χ4n) is 8.08. The Kier molecular flexibility index (Phi) is 40.6. The number of allylic oxidation sites excluding steroid dienone is 4. The number of carbonyl (C=O) groups is 1. The fraction of sp³-hybridized carbons (Fsp3) is 0.902. The topological polar surface area (TPSA) is 178 Å². The zero-order valence-corrected chi connectivity index (χ0v) is 41.4. The number of rotatable bonds is 46. The van der Waals surface area contributed by atoms with Gasteiger partial charge in [0.2, 0.25) is 0 Å². The number of esters is 1. The summed E-state index contributed by atoms with van der Waals surface area (Å²) in [6, 6.07) is 0. The minimum absolute atomic E-state index is 0.0345. The van der Waals surface area contributed by atoms with Gasteiger partial charge in [0.1, 0.15) is 30.5 Å². The summed E-state index contributed by atoms with van der Waals surface area (Å²) in [6.07, 6.45) is 40.7. The Hall–Kier alpha value is -1.42. The lowest BCUT2D eigenvalue weighted by atomic mass is 9.99. The van der Waals surface area contributed by atoms with Gasteiger partial charge in [-0.15, -0.1) is 0 Å². The number of ether oxygens (including phenoxy) is 4. The van der Waals surface area contributed by atoms with Crippen LogP contribution in [0.3, 0.4) is 0 Å². The summed E-state index contributed by atoms with van der Waals surface area (Å²) in [6.45, 7) is 3.99. The molecule has 13 heteroatoms. The summed E-state index contributed by atoms with van der Waals surface area (Å²) in [5.41, 5.74) is 0. The Morgan fingerprint density at radius 3 is 1.42 bits per heavy atom. The predicted molar refractivity (Wildman–Crippen MR) is 257 cm³/mol. The quantitative estimate of drug-likeness (QED) is 0.0197. The van der Waals surface area contributed by atoms with E-state index < -0.39 is 59.8 Å². The highest BCUT2D eigenvalue weighted by molar-refractivity contribution is 7.80. The first-order valence-corrected chi connectivity index (χ1v) is 27.5. The molecule has 0 radical (unpaired) electrons. The number of aliphatic hydroxyl groups is 3. The second-order valence-corrected chi connectivity index (χ2v) is 19.2. The van der Waals surface area contributed by atoms with Crippen molar-refractivity contribution in [2.45, 2.75) is 269 Å². The van der Waals surface area contributed by atoms with Gasteiger partial charge in [0.25, 0.3) is 0 Å². The molecule has 1 rings (SSSR count). The molecule has 1 saturated heterocycles. The maximum absolute atomic E-state index is 12.9. The van der Waals surface area contributed by atoms with E-state index in [0.29, 0.717) is 13.0 Å². The molecule has 0 saturated carbocycles. The SMILES string of the molecule is CCCCCC/C=C\CCCCCCCCOCC(COC1OC(CO)C(O)C(OS(=O)(=O)O)C1O)OC(=O)CCCCCCCCCCCCC/C=C\CCCCCCCCCC. The van der Waals surface area contributed by atoms with Gasteiger partial charge in [-0.3, -0.25) is 9.35 Å². The molecule has 6 unspecified atom stereocenters. The molecule has 64 heavy (non-hydrogen) atoms. The van der Waals surface area contributed by atoms with Crippen molar-refractivity contribution in [2.24, 2.45) is 0 Å². The molecule has 1 fully saturated rings. The zero-order chi connectivity index (χ0) is 46.8. The number of hydrogen-bond donors (Lipinski definition) is 4. The van der Waals surface area contributed by atoms with Crippen LogP contribution >= 0.6 is 0 Å². The van der Waals surface area contributed by atoms with Crippen molar-refractivity contribution >= 4 is 16.4 Å². The Bertz CT molecular complexity index is 1210. The molecule has 1 aliphatic heterocycles. The minimum Gasteiger partial charge on any atom is -0.457 e. The van der Waals surface area contributed by atoms with Crippen LogP contribution in [0.1, 0.15) is 232 Å². The molecule has 1 heterocycles. The van der Waals surface area contributed by atoms with Crippen LogP contribution in [0.5, 0.6) is 0 Å². The van der Waals surface area contributed by atoms with Gasteiger partial charge in [-0.1, -0.05) is 186 Å². The first kappa shape index (κ1) is 60.6. The van der Waals surface area contributed by atoms with Crippen molar-refractivity contribution in [1.29, 1.82) is 0 Å². The molecule has 12 nitrogen and oxygen atoms in total. The number of aliphatic hydroxyl groups excluding tert-OH is 3. The van der Waals surface area contributed by atoms with Gasteiger partial charge >= 0.3 is 16.4 Å². The largest absolute Gasteiger partial charge is 0.457 e. The Morgan fingerprint density at radius 1 is 0.578 bits per heavy atom. The summed E-state index contributed by atoms with van der Waals surface area (Å²) in [4.78, 5) is 12.9. The molecule has 0 aromatic rings. The van der Waals surface area contributed by atoms with Crippen LogP contribution in [0.15, 0.2) is 24.3 Å². The highest BCUT2D eigenvalue weighted by Crippen LogP contribution is 2.26. The van der Waals surface area contributed by atoms with E-state index in [1.807, 2.05) is 0 Å². The van der Waals surface area contributed by atoms with Gasteiger partial charge in [0.15, 0.2) is 6.29 Å². The molecule has 0 bridgehead atoms. The smallest absolute Gasteiger partial charge is 0.397 e. The monoisotopic (exact) mass is 933 g/mol. The first-order chi connectivity index (χ1) is 31.1. The second-order valence-electron chi connectivity index (χ2n) is 18.1. The molecular formula is C51H96O12S. The summed E-state index contributed by atoms with van der Waals surface area (Å²) in [5, 5.41) is 30.7. The number of carbonyl (C=O) groups excluding carboxylic acids is 1. The average Bonchev–Trinajstić information content (AvgIpc) is 3.27. The highest BCUT2D eigenvalue weighted by Gasteiger charge is 2.48. The highest BCUT2D eigenvalue weighted by atomic mass is 32.3. The number of hydrogen-bond acceptors (Lipinski definition) is 11. The van der Waals surface area contributed by atoms with E-state index in [4.69, 9.17) is 18.9 Å². The third-order valence-electron chi connectivity index (χ3n) is 12.0. The van der Waals surface area contributed by atoms with Crippen LogP contribution in [-0.2, 0) is 38.3 Å². The third kappa shape index (κ3) is 35.7. The van der Waals surface area contributed by atoms with E-state index in [0.717, 1.165) is 44.9 Å². The van der Waals surface area contributed by atoms with E-state index in [1.165, 1.54) is 161 Å². The third-order valence-corrected chi connectivity index (χ3v) is 12.5. The lowest BCUT2D eigenvalue weighted by Gasteiger charge is -2.41. The van der Waals surface area contributed by atoms with Crippen LogP contribution in [-0.4, -0.2) is 97.5 Å². The molecule has 0 aromatic carbocycles. The molecule has 0 amide bonds. The molecule has 6 atom stereocenters. The average molecular weight is 933 g/mol. The van der Waals surface area contributed by atoms with Gasteiger partial charge in [0, 0.05) is 13.0 Å². The van der Waals surface area contributed by atoms with E-state index in [9.17, 15) is 33.1 Å². The van der Waals surface area contributed by atoms with Crippen LogP contribution in [0.25, 0.3) is 0 Å². The first-order valence-electron chi connectivity index (χ1n) is 26.1. The van der Waals surface area contributed by atoms with Crippen molar-refractivity contribution in [3.05, 3.63) is 24.3 Å². The van der Waals surface area contributed by atoms with E-state index in [-0.39, 0.29) is 19.6 Å². The number of unbranched alkanes of at least 4 members (excludes halogenated alkanes) is 29. The van der Waals surface area contributed by atoms with Crippen molar-refractivity contribution in [1.82, 2.24) is 0 Å². The van der Waals surface area contributed by atoms with Crippen LogP contribution in [0.4, 0.5) is 0 Å². The molecule has 0 spiro atoms. The summed E-state index contributed by atoms with van der Waals surface area (Å²) >= 11 is 0. The summed E-state index contributed by atoms with van der Waals surface area (Å²) in [7, 11) is -5.06. The summed E-state index contributed by atoms with van der Waals surface area (Å²) in [5.74, 6) is -0.399. The van der Waals surface area contributed by atoms with Crippen molar-refractivity contribution in [2.75, 3.05) is 26.4 Å². The fourth-order valence-corrected chi connectivity index (χ4v) is 8.58. The molecule has 0 aromatic heterocycles. The van der Waals surface area contributed by atoms with Gasteiger partial charge in [-0.25, -0.2) is 4.18 Å². The van der Waals surface area contributed by atoms with E-state index in [1.54, 1.807) is 0 Å². The maximum Gasteiger partial charge on any atom is 0.397 e.